The van der Waals surface area contributed by atoms with Crippen LogP contribution in [0.1, 0.15) is 214 Å². The molecule has 0 spiro atoms. The van der Waals surface area contributed by atoms with Crippen LogP contribution in [-0.2, 0) is 0 Å². The number of hydrogen-bond donors (Lipinski definition) is 0. The average Bonchev–Trinajstić information content (AvgIpc) is 3.13. The summed E-state index contributed by atoms with van der Waals surface area (Å²) in [6, 6.07) is 0. The van der Waals surface area contributed by atoms with Gasteiger partial charge in [0, 0.05) is 19.6 Å². The van der Waals surface area contributed by atoms with Gasteiger partial charge in [-0.2, -0.15) is 0 Å². The largest absolute Gasteiger partial charge is 0.304 e. The smallest absolute Gasteiger partial charge is 0.0530 e. The highest BCUT2D eigenvalue weighted by Gasteiger charge is 2.22. The Morgan fingerprint density at radius 2 is 0.620 bits per heavy atom. The fourth-order valence-electron chi connectivity index (χ4n) is 7.63. The molecule has 0 saturated carbocycles. The third-order valence-electron chi connectivity index (χ3n) is 11.0. The van der Waals surface area contributed by atoms with Crippen molar-refractivity contribution in [2.75, 3.05) is 59.3 Å². The van der Waals surface area contributed by atoms with Crippen molar-refractivity contribution in [2.45, 2.75) is 214 Å². The Balaban J connectivity index is 2.17. The van der Waals surface area contributed by atoms with E-state index in [1.54, 1.807) is 0 Å². The second-order valence-corrected chi connectivity index (χ2v) is 15.9. The third-order valence-corrected chi connectivity index (χ3v) is 11.0. The van der Waals surface area contributed by atoms with Gasteiger partial charge in [0.05, 0.1) is 20.0 Å². The molecule has 4 heteroatoms. The highest BCUT2D eigenvalue weighted by molar-refractivity contribution is 4.82. The molecular formula is C46H92N4. The molecule has 1 rings (SSSR count). The number of hydrogen-bond acceptors (Lipinski definition) is 4. The van der Waals surface area contributed by atoms with Gasteiger partial charge in [-0.15, -0.1) is 0 Å². The normalized spacial score (nSPS) is 15.1. The van der Waals surface area contributed by atoms with Crippen LogP contribution in [0.25, 0.3) is 0 Å². The molecule has 0 aromatic heterocycles. The number of allylic oxidation sites excluding steroid dienone is 4. The second-order valence-electron chi connectivity index (χ2n) is 15.9. The summed E-state index contributed by atoms with van der Waals surface area (Å²) in [7, 11) is 0. The van der Waals surface area contributed by atoms with E-state index >= 15 is 0 Å². The van der Waals surface area contributed by atoms with E-state index < -0.39 is 0 Å². The van der Waals surface area contributed by atoms with Crippen LogP contribution in [0.3, 0.4) is 0 Å². The van der Waals surface area contributed by atoms with Gasteiger partial charge in [0.2, 0.25) is 0 Å². The number of unbranched alkanes of at least 4 members (excludes halogenated alkanes) is 24. The molecule has 4 nitrogen and oxygen atoms in total. The van der Waals surface area contributed by atoms with E-state index in [1.807, 2.05) is 0 Å². The Bertz CT molecular complexity index is 667. The number of nitrogens with zero attached hydrogens (tertiary/aromatic N) is 4. The standard InChI is InChI=1S/C46H92N4/c1-5-9-11-13-15-17-19-21-23-25-27-29-31-33-35-37-40-48-44-49(46-50(45-48)43-39-42-47(7-3)8-4)41-38-36-34-32-30-28-26-24-22-20-18-16-14-12-10-6-2/h21-24H,5-20,25-46H2,1-4H3/b23-21-,24-22-. The first-order valence-electron chi connectivity index (χ1n) is 22.9. The van der Waals surface area contributed by atoms with Gasteiger partial charge >= 0.3 is 0 Å². The minimum atomic E-state index is 1.17. The van der Waals surface area contributed by atoms with Gasteiger partial charge < -0.3 is 4.90 Å². The monoisotopic (exact) mass is 701 g/mol. The van der Waals surface area contributed by atoms with Gasteiger partial charge in [0.25, 0.3) is 0 Å². The summed E-state index contributed by atoms with van der Waals surface area (Å²) in [6.45, 7) is 20.1. The highest BCUT2D eigenvalue weighted by Crippen LogP contribution is 2.15. The lowest BCUT2D eigenvalue weighted by Gasteiger charge is -2.42. The van der Waals surface area contributed by atoms with Gasteiger partial charge in [0.1, 0.15) is 0 Å². The minimum Gasteiger partial charge on any atom is -0.304 e. The lowest BCUT2D eigenvalue weighted by Crippen LogP contribution is -2.55. The molecule has 50 heavy (non-hydrogen) atoms. The first-order chi connectivity index (χ1) is 24.7. The van der Waals surface area contributed by atoms with Crippen molar-refractivity contribution in [3.8, 4) is 0 Å². The van der Waals surface area contributed by atoms with E-state index in [9.17, 15) is 0 Å². The highest BCUT2D eigenvalue weighted by atomic mass is 15.5. The zero-order chi connectivity index (χ0) is 36.0. The summed E-state index contributed by atoms with van der Waals surface area (Å²) in [5.41, 5.74) is 0. The van der Waals surface area contributed by atoms with Crippen LogP contribution in [-0.4, -0.2) is 78.9 Å². The van der Waals surface area contributed by atoms with E-state index in [4.69, 9.17) is 0 Å². The molecule has 0 radical (unpaired) electrons. The van der Waals surface area contributed by atoms with Crippen molar-refractivity contribution < 1.29 is 0 Å². The molecule has 0 amide bonds. The Morgan fingerprint density at radius 3 is 0.940 bits per heavy atom. The van der Waals surface area contributed by atoms with Crippen LogP contribution in [0.5, 0.6) is 0 Å². The van der Waals surface area contributed by atoms with E-state index in [0.717, 1.165) is 0 Å². The van der Waals surface area contributed by atoms with Gasteiger partial charge in [-0.25, -0.2) is 0 Å². The maximum atomic E-state index is 2.76. The Kier molecular flexibility index (Phi) is 36.0. The van der Waals surface area contributed by atoms with Crippen LogP contribution >= 0.6 is 0 Å². The molecule has 1 fully saturated rings. The molecular weight excluding hydrogens is 609 g/mol. The Labute approximate surface area is 316 Å². The Morgan fingerprint density at radius 1 is 0.340 bits per heavy atom. The molecule has 0 aromatic rings. The predicted molar refractivity (Wildman–Crippen MR) is 226 cm³/mol. The molecule has 296 valence electrons. The van der Waals surface area contributed by atoms with E-state index in [0.29, 0.717) is 0 Å². The second kappa shape index (κ2) is 38.1. The Hall–Kier alpha value is -0.680. The molecule has 0 aromatic carbocycles. The molecule has 0 unspecified atom stereocenters. The van der Waals surface area contributed by atoms with Crippen molar-refractivity contribution in [3.05, 3.63) is 24.3 Å². The summed E-state index contributed by atoms with van der Waals surface area (Å²) in [6.07, 6.45) is 50.0. The lowest BCUT2D eigenvalue weighted by molar-refractivity contribution is -0.0317. The fourth-order valence-corrected chi connectivity index (χ4v) is 7.63. The van der Waals surface area contributed by atoms with Gasteiger partial charge in [-0.1, -0.05) is 168 Å². The molecule has 0 atom stereocenters. The molecule has 0 N–H and O–H groups in total. The lowest BCUT2D eigenvalue weighted by atomic mass is 10.1. The zero-order valence-corrected chi connectivity index (χ0v) is 35.0. The van der Waals surface area contributed by atoms with Gasteiger partial charge in [0.15, 0.2) is 0 Å². The van der Waals surface area contributed by atoms with E-state index in [1.165, 1.54) is 245 Å². The van der Waals surface area contributed by atoms with Crippen molar-refractivity contribution in [3.63, 3.8) is 0 Å². The fraction of sp³-hybridized carbons (Fsp3) is 0.913. The molecule has 1 aliphatic heterocycles. The summed E-state index contributed by atoms with van der Waals surface area (Å²) >= 11 is 0. The van der Waals surface area contributed by atoms with Crippen molar-refractivity contribution in [2.24, 2.45) is 0 Å². The van der Waals surface area contributed by atoms with Crippen molar-refractivity contribution in [1.82, 2.24) is 19.6 Å². The van der Waals surface area contributed by atoms with Crippen LogP contribution < -0.4 is 0 Å². The molecule has 0 aliphatic carbocycles. The zero-order valence-electron chi connectivity index (χ0n) is 35.0. The van der Waals surface area contributed by atoms with E-state index in [2.05, 4.69) is 71.6 Å². The SMILES string of the molecule is CCCCCCCC/C=C\CCCCCCCCN1CN(CCCCCCCC/C=C\CCCCCCCC)CN(CCCN(CC)CC)C1. The van der Waals surface area contributed by atoms with Crippen molar-refractivity contribution >= 4 is 0 Å². The quantitative estimate of drug-likeness (QED) is 0.0469. The topological polar surface area (TPSA) is 13.0 Å². The van der Waals surface area contributed by atoms with E-state index in [-0.39, 0.29) is 0 Å². The first kappa shape index (κ1) is 47.3. The minimum absolute atomic E-state index is 1.17. The first-order valence-corrected chi connectivity index (χ1v) is 22.9. The maximum Gasteiger partial charge on any atom is 0.0530 e. The summed E-state index contributed by atoms with van der Waals surface area (Å²) in [4.78, 5) is 10.8. The van der Waals surface area contributed by atoms with Crippen LogP contribution in [0.4, 0.5) is 0 Å². The summed E-state index contributed by atoms with van der Waals surface area (Å²) < 4.78 is 0. The molecule has 1 aliphatic rings. The average molecular weight is 701 g/mol. The van der Waals surface area contributed by atoms with Crippen LogP contribution in [0.15, 0.2) is 24.3 Å². The summed E-state index contributed by atoms with van der Waals surface area (Å²) in [5.74, 6) is 0. The van der Waals surface area contributed by atoms with Crippen LogP contribution in [0, 0.1) is 0 Å². The predicted octanol–water partition coefficient (Wildman–Crippen LogP) is 13.6. The maximum absolute atomic E-state index is 2.76. The number of rotatable bonds is 38. The molecule has 1 saturated heterocycles. The third kappa shape index (κ3) is 30.9. The summed E-state index contributed by atoms with van der Waals surface area (Å²) in [5, 5.41) is 0. The van der Waals surface area contributed by atoms with Gasteiger partial charge in [-0.3, -0.25) is 14.7 Å². The molecule has 1 heterocycles. The van der Waals surface area contributed by atoms with Gasteiger partial charge in [-0.05, 0) is 90.3 Å². The van der Waals surface area contributed by atoms with Crippen molar-refractivity contribution in [1.29, 1.82) is 0 Å². The molecule has 0 bridgehead atoms. The van der Waals surface area contributed by atoms with Crippen LogP contribution in [0.2, 0.25) is 0 Å².